The SMILES string of the molecule is CCc1ccc(NC(=O)C2CCCN(C(=O)c3cccc(C(F)(F)F)c3)C2)cc1. The smallest absolute Gasteiger partial charge is 0.338 e. The van der Waals surface area contributed by atoms with Gasteiger partial charge in [-0.1, -0.05) is 25.1 Å². The van der Waals surface area contributed by atoms with Gasteiger partial charge in [-0.25, -0.2) is 0 Å². The Hall–Kier alpha value is -2.83. The molecule has 0 saturated carbocycles. The largest absolute Gasteiger partial charge is 0.416 e. The molecule has 0 aromatic heterocycles. The summed E-state index contributed by atoms with van der Waals surface area (Å²) in [6.07, 6.45) is -2.35. The van der Waals surface area contributed by atoms with Gasteiger partial charge in [0.15, 0.2) is 0 Å². The number of alkyl halides is 3. The monoisotopic (exact) mass is 404 g/mol. The van der Waals surface area contributed by atoms with Gasteiger partial charge in [0.1, 0.15) is 0 Å². The number of anilines is 1. The van der Waals surface area contributed by atoms with Crippen LogP contribution < -0.4 is 5.32 Å². The molecule has 7 heteroatoms. The van der Waals surface area contributed by atoms with Gasteiger partial charge in [-0.2, -0.15) is 13.2 Å². The van der Waals surface area contributed by atoms with E-state index in [0.717, 1.165) is 18.6 Å². The summed E-state index contributed by atoms with van der Waals surface area (Å²) in [6.45, 7) is 2.66. The summed E-state index contributed by atoms with van der Waals surface area (Å²) in [5.74, 6) is -1.07. The van der Waals surface area contributed by atoms with Crippen LogP contribution in [0.4, 0.5) is 18.9 Å². The highest BCUT2D eigenvalue weighted by Gasteiger charge is 2.33. The number of aryl methyl sites for hydroxylation is 1. The summed E-state index contributed by atoms with van der Waals surface area (Å²) >= 11 is 0. The standard InChI is InChI=1S/C22H23F3N2O2/c1-2-15-8-10-19(11-9-15)26-20(28)17-6-4-12-27(14-17)21(29)16-5-3-7-18(13-16)22(23,24)25/h3,5,7-11,13,17H,2,4,6,12,14H2,1H3,(H,26,28). The van der Waals surface area contributed by atoms with E-state index in [1.54, 1.807) is 0 Å². The van der Waals surface area contributed by atoms with E-state index in [1.165, 1.54) is 22.6 Å². The molecule has 0 radical (unpaired) electrons. The van der Waals surface area contributed by atoms with Crippen molar-refractivity contribution in [2.75, 3.05) is 18.4 Å². The Bertz CT molecular complexity index is 878. The molecule has 0 aliphatic carbocycles. The fourth-order valence-electron chi connectivity index (χ4n) is 3.45. The van der Waals surface area contributed by atoms with Gasteiger partial charge in [0.25, 0.3) is 5.91 Å². The number of rotatable bonds is 4. The van der Waals surface area contributed by atoms with Crippen LogP contribution in [-0.2, 0) is 17.4 Å². The normalized spacial score (nSPS) is 17.1. The molecule has 4 nitrogen and oxygen atoms in total. The maximum atomic E-state index is 12.9. The Morgan fingerprint density at radius 1 is 1.14 bits per heavy atom. The summed E-state index contributed by atoms with van der Waals surface area (Å²) in [5, 5.41) is 2.87. The predicted octanol–water partition coefficient (Wildman–Crippen LogP) is 4.76. The molecule has 2 aromatic carbocycles. The van der Waals surface area contributed by atoms with E-state index in [-0.39, 0.29) is 18.0 Å². The number of halogens is 3. The van der Waals surface area contributed by atoms with Gasteiger partial charge >= 0.3 is 6.18 Å². The Kier molecular flexibility index (Phi) is 6.25. The maximum Gasteiger partial charge on any atom is 0.416 e. The van der Waals surface area contributed by atoms with Crippen LogP contribution in [0.5, 0.6) is 0 Å². The molecule has 1 heterocycles. The molecule has 1 atom stereocenters. The van der Waals surface area contributed by atoms with Gasteiger partial charge in [-0.05, 0) is 55.2 Å². The number of likely N-dealkylation sites (tertiary alicyclic amines) is 1. The quantitative estimate of drug-likeness (QED) is 0.799. The average Bonchev–Trinajstić information content (AvgIpc) is 2.73. The zero-order chi connectivity index (χ0) is 21.0. The van der Waals surface area contributed by atoms with Crippen molar-refractivity contribution in [3.63, 3.8) is 0 Å². The van der Waals surface area contributed by atoms with Crippen molar-refractivity contribution in [2.45, 2.75) is 32.4 Å². The minimum Gasteiger partial charge on any atom is -0.338 e. The van der Waals surface area contributed by atoms with Crippen LogP contribution in [0.25, 0.3) is 0 Å². The molecule has 1 aliphatic rings. The first-order chi connectivity index (χ1) is 13.8. The third-order valence-electron chi connectivity index (χ3n) is 5.15. The summed E-state index contributed by atoms with van der Waals surface area (Å²) < 4.78 is 38.8. The van der Waals surface area contributed by atoms with Crippen molar-refractivity contribution >= 4 is 17.5 Å². The molecule has 1 saturated heterocycles. The zero-order valence-electron chi connectivity index (χ0n) is 16.1. The van der Waals surface area contributed by atoms with E-state index in [2.05, 4.69) is 5.32 Å². The first-order valence-corrected chi connectivity index (χ1v) is 9.64. The Labute approximate surface area is 167 Å². The minimum absolute atomic E-state index is 0.0176. The molecule has 29 heavy (non-hydrogen) atoms. The molecule has 154 valence electrons. The number of amides is 2. The summed E-state index contributed by atoms with van der Waals surface area (Å²) in [7, 11) is 0. The van der Waals surface area contributed by atoms with Gasteiger partial charge in [-0.15, -0.1) is 0 Å². The van der Waals surface area contributed by atoms with E-state index in [1.807, 2.05) is 31.2 Å². The second kappa shape index (κ2) is 8.68. The number of benzene rings is 2. The Morgan fingerprint density at radius 2 is 1.86 bits per heavy atom. The fraction of sp³-hybridized carbons (Fsp3) is 0.364. The highest BCUT2D eigenvalue weighted by molar-refractivity contribution is 5.96. The average molecular weight is 404 g/mol. The number of hydrogen-bond acceptors (Lipinski definition) is 2. The number of nitrogens with one attached hydrogen (secondary N) is 1. The van der Waals surface area contributed by atoms with E-state index in [0.29, 0.717) is 25.1 Å². The van der Waals surface area contributed by atoms with Crippen molar-refractivity contribution < 1.29 is 22.8 Å². The lowest BCUT2D eigenvalue weighted by Gasteiger charge is -2.32. The van der Waals surface area contributed by atoms with E-state index < -0.39 is 23.6 Å². The Morgan fingerprint density at radius 3 is 2.52 bits per heavy atom. The minimum atomic E-state index is -4.51. The molecule has 1 unspecified atom stereocenters. The van der Waals surface area contributed by atoms with E-state index in [9.17, 15) is 22.8 Å². The third-order valence-corrected chi connectivity index (χ3v) is 5.15. The van der Waals surface area contributed by atoms with Gasteiger partial charge in [0.2, 0.25) is 5.91 Å². The number of piperidine rings is 1. The first kappa shape index (κ1) is 20.9. The van der Waals surface area contributed by atoms with Crippen molar-refractivity contribution in [3.05, 3.63) is 65.2 Å². The highest BCUT2D eigenvalue weighted by Crippen LogP contribution is 2.30. The van der Waals surface area contributed by atoms with Gasteiger partial charge in [-0.3, -0.25) is 9.59 Å². The molecule has 1 aliphatic heterocycles. The van der Waals surface area contributed by atoms with E-state index >= 15 is 0 Å². The highest BCUT2D eigenvalue weighted by atomic mass is 19.4. The van der Waals surface area contributed by atoms with Gasteiger partial charge < -0.3 is 10.2 Å². The molecular formula is C22H23F3N2O2. The van der Waals surface area contributed by atoms with Crippen LogP contribution in [0, 0.1) is 5.92 Å². The lowest BCUT2D eigenvalue weighted by atomic mass is 9.96. The van der Waals surface area contributed by atoms with E-state index in [4.69, 9.17) is 0 Å². The molecule has 3 rings (SSSR count). The van der Waals surface area contributed by atoms with Gasteiger partial charge in [0.05, 0.1) is 11.5 Å². The Balaban J connectivity index is 1.66. The molecule has 1 fully saturated rings. The third kappa shape index (κ3) is 5.16. The molecular weight excluding hydrogens is 381 g/mol. The van der Waals surface area contributed by atoms with Crippen LogP contribution in [-0.4, -0.2) is 29.8 Å². The van der Waals surface area contributed by atoms with Crippen molar-refractivity contribution in [1.29, 1.82) is 0 Å². The van der Waals surface area contributed by atoms with Crippen LogP contribution in [0.1, 0.15) is 41.3 Å². The first-order valence-electron chi connectivity index (χ1n) is 9.64. The predicted molar refractivity (Wildman–Crippen MR) is 105 cm³/mol. The van der Waals surface area contributed by atoms with Crippen molar-refractivity contribution in [2.24, 2.45) is 5.92 Å². The van der Waals surface area contributed by atoms with Crippen LogP contribution in [0.2, 0.25) is 0 Å². The second-order valence-electron chi connectivity index (χ2n) is 7.21. The molecule has 1 N–H and O–H groups in total. The fourth-order valence-corrected chi connectivity index (χ4v) is 3.45. The molecule has 0 bridgehead atoms. The van der Waals surface area contributed by atoms with Crippen LogP contribution in [0.15, 0.2) is 48.5 Å². The lowest BCUT2D eigenvalue weighted by Crippen LogP contribution is -2.43. The second-order valence-corrected chi connectivity index (χ2v) is 7.21. The topological polar surface area (TPSA) is 49.4 Å². The maximum absolute atomic E-state index is 12.9. The lowest BCUT2D eigenvalue weighted by molar-refractivity contribution is -0.137. The molecule has 0 spiro atoms. The van der Waals surface area contributed by atoms with Crippen LogP contribution in [0.3, 0.4) is 0 Å². The van der Waals surface area contributed by atoms with Gasteiger partial charge in [0, 0.05) is 24.3 Å². The van der Waals surface area contributed by atoms with Crippen molar-refractivity contribution in [3.8, 4) is 0 Å². The summed E-state index contributed by atoms with van der Waals surface area (Å²) in [4.78, 5) is 26.8. The van der Waals surface area contributed by atoms with Crippen molar-refractivity contribution in [1.82, 2.24) is 4.90 Å². The number of hydrogen-bond donors (Lipinski definition) is 1. The number of carbonyl (C=O) groups is 2. The molecule has 2 amide bonds. The number of nitrogens with zero attached hydrogens (tertiary/aromatic N) is 1. The number of carbonyl (C=O) groups excluding carboxylic acids is 2. The zero-order valence-corrected chi connectivity index (χ0v) is 16.1. The molecule has 2 aromatic rings. The summed E-state index contributed by atoms with van der Waals surface area (Å²) in [6, 6.07) is 12.0. The van der Waals surface area contributed by atoms with Crippen LogP contribution >= 0.6 is 0 Å². The summed E-state index contributed by atoms with van der Waals surface area (Å²) in [5.41, 5.74) is 0.980.